The summed E-state index contributed by atoms with van der Waals surface area (Å²) in [6.45, 7) is 0.346. The van der Waals surface area contributed by atoms with Gasteiger partial charge in [0.25, 0.3) is 5.91 Å². The highest BCUT2D eigenvalue weighted by molar-refractivity contribution is 7.98. The van der Waals surface area contributed by atoms with E-state index in [9.17, 15) is 4.79 Å². The van der Waals surface area contributed by atoms with Gasteiger partial charge in [0.05, 0.1) is 7.11 Å². The molecule has 3 aromatic rings. The molecule has 0 aliphatic carbocycles. The Hall–Kier alpha value is -3.20. The van der Waals surface area contributed by atoms with Crippen LogP contribution in [0.4, 0.5) is 5.69 Å². The third kappa shape index (κ3) is 5.42. The molecule has 9 heteroatoms. The quantitative estimate of drug-likeness (QED) is 0.337. The van der Waals surface area contributed by atoms with Crippen LogP contribution in [0.2, 0.25) is 0 Å². The lowest BCUT2D eigenvalue weighted by atomic mass is 10.2. The van der Waals surface area contributed by atoms with Gasteiger partial charge >= 0.3 is 0 Å². The monoisotopic (exact) mass is 406 g/mol. The van der Waals surface area contributed by atoms with Crippen molar-refractivity contribution < 1.29 is 14.3 Å². The highest BCUT2D eigenvalue weighted by Crippen LogP contribution is 2.27. The van der Waals surface area contributed by atoms with E-state index in [2.05, 4.69) is 20.5 Å². The van der Waals surface area contributed by atoms with Gasteiger partial charge < -0.3 is 20.0 Å². The van der Waals surface area contributed by atoms with Crippen LogP contribution in [-0.4, -0.2) is 37.2 Å². The molecule has 2 aromatic carbocycles. The zero-order chi connectivity index (χ0) is 20.6. The topological polar surface area (TPSA) is 85.4 Å². The van der Waals surface area contributed by atoms with Crippen LogP contribution < -0.4 is 20.0 Å². The molecule has 7 nitrogen and oxygen atoms in total. The smallest absolute Gasteiger partial charge is 0.258 e. The number of thioether (sulfide) groups is 1. The molecule has 2 N–H and O–H groups in total. The van der Waals surface area contributed by atoms with Crippen LogP contribution in [-0.2, 0) is 6.54 Å². The second kappa shape index (κ2) is 9.84. The Kier molecular flexibility index (Phi) is 6.96. The van der Waals surface area contributed by atoms with E-state index in [4.69, 9.17) is 17.5 Å². The number of nitrogens with zero attached hydrogens (tertiary/aromatic N) is 2. The molecule has 0 aliphatic rings. The molecule has 3 rings (SSSR count). The van der Waals surface area contributed by atoms with Crippen LogP contribution in [0.3, 0.4) is 0 Å². The summed E-state index contributed by atoms with van der Waals surface area (Å²) < 4.78 is 11.0. The largest absolute Gasteiger partial charge is 0.497 e. The number of anilines is 1. The summed E-state index contributed by atoms with van der Waals surface area (Å²) in [6, 6.07) is 14.5. The molecular weight excluding hydrogens is 387 g/mol. The highest BCUT2D eigenvalue weighted by atomic mass is 32.2. The minimum Gasteiger partial charge on any atom is -0.497 e. The summed E-state index contributed by atoms with van der Waals surface area (Å²) in [5.74, 6) is 1.09. The Balaban J connectivity index is 1.78. The van der Waals surface area contributed by atoms with Crippen molar-refractivity contribution in [2.75, 3.05) is 18.6 Å². The van der Waals surface area contributed by atoms with Gasteiger partial charge in [0.15, 0.2) is 5.16 Å². The van der Waals surface area contributed by atoms with E-state index in [-0.39, 0.29) is 17.4 Å². The van der Waals surface area contributed by atoms with Crippen molar-refractivity contribution in [3.05, 3.63) is 65.9 Å². The molecular formula is C20H19BN4O3S. The summed E-state index contributed by atoms with van der Waals surface area (Å²) in [5.41, 5.74) is 1.85. The van der Waals surface area contributed by atoms with Gasteiger partial charge in [-0.05, 0) is 36.1 Å². The molecule has 0 saturated carbocycles. The molecule has 0 spiro atoms. The van der Waals surface area contributed by atoms with Gasteiger partial charge in [0, 0.05) is 24.5 Å². The van der Waals surface area contributed by atoms with Gasteiger partial charge in [-0.3, -0.25) is 4.79 Å². The second-order valence-corrected chi connectivity index (χ2v) is 6.65. The lowest BCUT2D eigenvalue weighted by molar-refractivity contribution is 0.0947. The maximum Gasteiger partial charge on any atom is 0.258 e. The van der Waals surface area contributed by atoms with E-state index in [0.717, 1.165) is 11.3 Å². The highest BCUT2D eigenvalue weighted by Gasteiger charge is 2.17. The molecule has 2 radical (unpaired) electrons. The Bertz CT molecular complexity index is 986. The summed E-state index contributed by atoms with van der Waals surface area (Å²) >= 11 is 1.36. The Morgan fingerprint density at radius 1 is 1.17 bits per heavy atom. The van der Waals surface area contributed by atoms with Gasteiger partial charge in [0.2, 0.25) is 13.9 Å². The normalized spacial score (nSPS) is 10.3. The number of carbonyl (C=O) groups excluding carboxylic acids is 1. The van der Waals surface area contributed by atoms with Crippen molar-refractivity contribution >= 4 is 31.3 Å². The Morgan fingerprint density at radius 3 is 2.66 bits per heavy atom. The fourth-order valence-electron chi connectivity index (χ4n) is 2.46. The molecule has 0 unspecified atom stereocenters. The number of amides is 1. The first-order chi connectivity index (χ1) is 14.1. The predicted octanol–water partition coefficient (Wildman–Crippen LogP) is 3.42. The summed E-state index contributed by atoms with van der Waals surface area (Å²) in [7, 11) is 7.05. The molecule has 0 atom stereocenters. The second-order valence-electron chi connectivity index (χ2n) is 5.88. The van der Waals surface area contributed by atoms with Crippen LogP contribution in [0.25, 0.3) is 0 Å². The van der Waals surface area contributed by atoms with Gasteiger partial charge in [0.1, 0.15) is 17.1 Å². The van der Waals surface area contributed by atoms with E-state index < -0.39 is 0 Å². The number of nitrogens with one attached hydrogen (secondary N) is 2. The Morgan fingerprint density at radius 2 is 1.97 bits per heavy atom. The number of hydrogen-bond acceptors (Lipinski definition) is 7. The summed E-state index contributed by atoms with van der Waals surface area (Å²) in [4.78, 5) is 21.3. The van der Waals surface area contributed by atoms with Crippen LogP contribution in [0.5, 0.6) is 17.4 Å². The van der Waals surface area contributed by atoms with Gasteiger partial charge in [-0.15, -0.1) is 0 Å². The van der Waals surface area contributed by atoms with E-state index in [1.54, 1.807) is 31.4 Å². The number of rotatable bonds is 8. The average molecular weight is 406 g/mol. The molecule has 0 bridgehead atoms. The molecule has 1 amide bonds. The van der Waals surface area contributed by atoms with Crippen LogP contribution in [0, 0.1) is 0 Å². The first kappa shape index (κ1) is 20.5. The van der Waals surface area contributed by atoms with Crippen molar-refractivity contribution in [2.24, 2.45) is 0 Å². The molecule has 146 valence electrons. The number of hydrogen-bond donors (Lipinski definition) is 2. The minimum absolute atomic E-state index is 0.172. The summed E-state index contributed by atoms with van der Waals surface area (Å²) in [5, 5.41) is 5.91. The van der Waals surface area contributed by atoms with Gasteiger partial charge in [-0.1, -0.05) is 30.0 Å². The Labute approximate surface area is 174 Å². The first-order valence-corrected chi connectivity index (χ1v) is 9.92. The molecule has 0 saturated heterocycles. The van der Waals surface area contributed by atoms with Crippen LogP contribution in [0.1, 0.15) is 15.9 Å². The number of ether oxygens (including phenoxy) is 2. The number of benzene rings is 2. The van der Waals surface area contributed by atoms with E-state index >= 15 is 0 Å². The number of aromatic nitrogens is 2. The van der Waals surface area contributed by atoms with E-state index in [0.29, 0.717) is 23.1 Å². The standard InChI is InChI=1S/C20H19BN4O3S/c1-27-15-8-6-13(7-9-15)11-22-18(26)17-12-23-20(29-2)24-19(17)28-16-5-3-4-14(10-16)25-21/h3-10,12,25H,11H2,1-2H3,(H,22,26). The third-order valence-corrected chi connectivity index (χ3v) is 4.55. The number of methoxy groups -OCH3 is 1. The average Bonchev–Trinajstić information content (AvgIpc) is 2.77. The van der Waals surface area contributed by atoms with Gasteiger partial charge in [-0.2, -0.15) is 4.98 Å². The number of carbonyl (C=O) groups is 1. The fourth-order valence-corrected chi connectivity index (χ4v) is 2.80. The van der Waals surface area contributed by atoms with Crippen molar-refractivity contribution in [3.8, 4) is 17.4 Å². The van der Waals surface area contributed by atoms with Crippen molar-refractivity contribution in [2.45, 2.75) is 11.7 Å². The molecule has 1 heterocycles. The van der Waals surface area contributed by atoms with Gasteiger partial charge in [-0.25, -0.2) is 4.98 Å². The molecule has 0 aliphatic heterocycles. The van der Waals surface area contributed by atoms with Crippen molar-refractivity contribution in [1.29, 1.82) is 0 Å². The maximum absolute atomic E-state index is 12.7. The van der Waals surface area contributed by atoms with Crippen LogP contribution in [0.15, 0.2) is 59.9 Å². The third-order valence-electron chi connectivity index (χ3n) is 3.99. The first-order valence-electron chi connectivity index (χ1n) is 8.69. The van der Waals surface area contributed by atoms with Crippen molar-refractivity contribution in [3.63, 3.8) is 0 Å². The minimum atomic E-state index is -0.337. The SMILES string of the molecule is [B]Nc1cccc(Oc2nc(SC)ncc2C(=O)NCc2ccc(OC)cc2)c1. The molecule has 0 fully saturated rings. The molecule has 29 heavy (non-hydrogen) atoms. The van der Waals surface area contributed by atoms with Crippen molar-refractivity contribution in [1.82, 2.24) is 15.3 Å². The maximum atomic E-state index is 12.7. The van der Waals surface area contributed by atoms with E-state index in [1.807, 2.05) is 30.5 Å². The van der Waals surface area contributed by atoms with E-state index in [1.165, 1.54) is 18.0 Å². The molecule has 1 aromatic heterocycles. The zero-order valence-corrected chi connectivity index (χ0v) is 16.8. The fraction of sp³-hybridized carbons (Fsp3) is 0.150. The van der Waals surface area contributed by atoms with Crippen LogP contribution >= 0.6 is 11.8 Å². The lowest BCUT2D eigenvalue weighted by Crippen LogP contribution is -2.24. The summed E-state index contributed by atoms with van der Waals surface area (Å²) in [6.07, 6.45) is 3.31. The predicted molar refractivity (Wildman–Crippen MR) is 114 cm³/mol. The lowest BCUT2D eigenvalue weighted by Gasteiger charge is -2.12. The zero-order valence-electron chi connectivity index (χ0n) is 16.0.